The number of para-hydroxylation sites is 2. The number of nitrogens with zero attached hydrogens (tertiary/aromatic N) is 2. The highest BCUT2D eigenvalue weighted by Crippen LogP contribution is 2.25. The van der Waals surface area contributed by atoms with Gasteiger partial charge in [-0.15, -0.1) is 0 Å². The van der Waals surface area contributed by atoms with Gasteiger partial charge in [0.25, 0.3) is 0 Å². The molecule has 0 radical (unpaired) electrons. The van der Waals surface area contributed by atoms with Crippen LogP contribution in [-0.2, 0) is 21.4 Å². The molecular formula is C24H26ClN3O5S. The summed E-state index contributed by atoms with van der Waals surface area (Å²) in [5.41, 5.74) is 1.48. The van der Waals surface area contributed by atoms with Crippen LogP contribution in [0.15, 0.2) is 70.0 Å². The predicted octanol–water partition coefficient (Wildman–Crippen LogP) is 4.21. The van der Waals surface area contributed by atoms with Crippen LogP contribution in [0.25, 0.3) is 11.1 Å². The van der Waals surface area contributed by atoms with E-state index in [9.17, 15) is 13.2 Å². The molecule has 2 N–H and O–H groups in total. The lowest BCUT2D eigenvalue weighted by molar-refractivity contribution is -0.137. The van der Waals surface area contributed by atoms with Crippen molar-refractivity contribution in [2.75, 3.05) is 6.54 Å². The van der Waals surface area contributed by atoms with E-state index in [1.807, 2.05) is 36.4 Å². The average molecular weight is 504 g/mol. The zero-order chi connectivity index (χ0) is 24.1. The van der Waals surface area contributed by atoms with Crippen molar-refractivity contribution in [3.05, 3.63) is 71.6 Å². The van der Waals surface area contributed by atoms with Crippen LogP contribution in [0.1, 0.15) is 31.6 Å². The van der Waals surface area contributed by atoms with Crippen molar-refractivity contribution in [2.24, 2.45) is 0 Å². The molecular weight excluding hydrogens is 478 g/mol. The minimum atomic E-state index is -3.70. The molecule has 180 valence electrons. The number of aliphatic carboxylic acids is 1. The number of unbranched alkanes of at least 4 members (excludes halogenated alkanes) is 1. The Hall–Kier alpha value is -2.72. The minimum absolute atomic E-state index is 0.0437. The number of nitrogens with one attached hydrogen (secondary N) is 1. The first-order valence-corrected chi connectivity index (χ1v) is 12.9. The molecule has 0 aliphatic carbocycles. The third kappa shape index (κ3) is 6.24. The summed E-state index contributed by atoms with van der Waals surface area (Å²) in [6.07, 6.45) is 5.86. The quantitative estimate of drug-likeness (QED) is 0.314. The molecule has 10 heteroatoms. The SMILES string of the molecule is O=C(O)CCCC=C[C@@H]1C[C@@H](NS(=O)(=O)c2ccc(Cl)cc2)CN1Cc1nc2ccccc2o1. The Morgan fingerprint density at radius 2 is 2.00 bits per heavy atom. The van der Waals surface area contributed by atoms with Gasteiger partial charge in [0.2, 0.25) is 15.9 Å². The number of carboxylic acids is 1. The van der Waals surface area contributed by atoms with Gasteiger partial charge in [-0.25, -0.2) is 18.1 Å². The van der Waals surface area contributed by atoms with Gasteiger partial charge in [0, 0.05) is 30.1 Å². The number of rotatable bonds is 10. The third-order valence-corrected chi connectivity index (χ3v) is 7.48. The molecule has 0 spiro atoms. The van der Waals surface area contributed by atoms with E-state index in [1.54, 1.807) is 12.1 Å². The molecule has 3 aromatic rings. The second-order valence-electron chi connectivity index (χ2n) is 8.29. The summed E-state index contributed by atoms with van der Waals surface area (Å²) in [6.45, 7) is 0.910. The summed E-state index contributed by atoms with van der Waals surface area (Å²) < 4.78 is 34.4. The van der Waals surface area contributed by atoms with E-state index in [1.165, 1.54) is 12.1 Å². The molecule has 0 saturated carbocycles. The third-order valence-electron chi connectivity index (χ3n) is 5.69. The Morgan fingerprint density at radius 1 is 1.24 bits per heavy atom. The molecule has 34 heavy (non-hydrogen) atoms. The summed E-state index contributed by atoms with van der Waals surface area (Å²) >= 11 is 5.89. The molecule has 1 aliphatic rings. The van der Waals surface area contributed by atoms with Crippen LogP contribution in [0.3, 0.4) is 0 Å². The Labute approximate surface area is 203 Å². The van der Waals surface area contributed by atoms with Gasteiger partial charge in [-0.1, -0.05) is 35.9 Å². The zero-order valence-corrected chi connectivity index (χ0v) is 20.0. The van der Waals surface area contributed by atoms with Gasteiger partial charge in [0.1, 0.15) is 5.52 Å². The normalized spacial score (nSPS) is 19.3. The first-order valence-electron chi connectivity index (χ1n) is 11.0. The first kappa shape index (κ1) is 24.4. The molecule has 2 aromatic carbocycles. The minimum Gasteiger partial charge on any atom is -0.481 e. The Balaban J connectivity index is 1.47. The molecule has 8 nitrogen and oxygen atoms in total. The van der Waals surface area contributed by atoms with Gasteiger partial charge in [-0.05, 0) is 55.7 Å². The second-order valence-corrected chi connectivity index (χ2v) is 10.4. The number of hydrogen-bond donors (Lipinski definition) is 2. The molecule has 1 fully saturated rings. The van der Waals surface area contributed by atoms with Gasteiger partial charge in [0.15, 0.2) is 5.58 Å². The van der Waals surface area contributed by atoms with E-state index in [2.05, 4.69) is 14.6 Å². The molecule has 1 saturated heterocycles. The number of aromatic nitrogens is 1. The van der Waals surface area contributed by atoms with E-state index >= 15 is 0 Å². The smallest absolute Gasteiger partial charge is 0.303 e. The zero-order valence-electron chi connectivity index (χ0n) is 18.4. The van der Waals surface area contributed by atoms with Gasteiger partial charge >= 0.3 is 5.97 Å². The van der Waals surface area contributed by atoms with Crippen LogP contribution < -0.4 is 4.72 Å². The molecule has 2 heterocycles. The second kappa shape index (κ2) is 10.7. The average Bonchev–Trinajstić information content (AvgIpc) is 3.36. The van der Waals surface area contributed by atoms with Crippen molar-refractivity contribution in [3.8, 4) is 0 Å². The van der Waals surface area contributed by atoms with Crippen LogP contribution in [0.2, 0.25) is 5.02 Å². The maximum atomic E-state index is 12.9. The fraction of sp³-hybridized carbons (Fsp3) is 0.333. The number of allylic oxidation sites excluding steroid dienone is 1. The fourth-order valence-electron chi connectivity index (χ4n) is 4.09. The van der Waals surface area contributed by atoms with Crippen molar-refractivity contribution < 1.29 is 22.7 Å². The highest BCUT2D eigenvalue weighted by Gasteiger charge is 2.34. The number of carboxylic acid groups (broad SMARTS) is 1. The van der Waals surface area contributed by atoms with E-state index in [-0.39, 0.29) is 23.4 Å². The molecule has 1 aromatic heterocycles. The Morgan fingerprint density at radius 3 is 2.74 bits per heavy atom. The first-order chi connectivity index (χ1) is 16.3. The molecule has 0 unspecified atom stereocenters. The summed E-state index contributed by atoms with van der Waals surface area (Å²) in [7, 11) is -3.70. The maximum Gasteiger partial charge on any atom is 0.303 e. The maximum absolute atomic E-state index is 12.9. The van der Waals surface area contributed by atoms with E-state index in [0.717, 1.165) is 5.52 Å². The van der Waals surface area contributed by atoms with E-state index in [4.69, 9.17) is 21.1 Å². The number of oxazole rings is 1. The fourth-order valence-corrected chi connectivity index (χ4v) is 5.45. The lowest BCUT2D eigenvalue weighted by atomic mass is 10.1. The molecule has 0 amide bonds. The van der Waals surface area contributed by atoms with Crippen LogP contribution >= 0.6 is 11.6 Å². The number of likely N-dealkylation sites (tertiary alicyclic amines) is 1. The van der Waals surface area contributed by atoms with Crippen molar-refractivity contribution in [1.29, 1.82) is 0 Å². The van der Waals surface area contributed by atoms with Crippen LogP contribution in [0, 0.1) is 0 Å². The topological polar surface area (TPSA) is 113 Å². The number of hydrogen-bond acceptors (Lipinski definition) is 6. The predicted molar refractivity (Wildman–Crippen MR) is 129 cm³/mol. The number of fused-ring (bicyclic) bond motifs is 1. The Bertz CT molecular complexity index is 1240. The monoisotopic (exact) mass is 503 g/mol. The lowest BCUT2D eigenvalue weighted by Crippen LogP contribution is -2.37. The van der Waals surface area contributed by atoms with Gasteiger partial charge in [0.05, 0.1) is 11.4 Å². The summed E-state index contributed by atoms with van der Waals surface area (Å²) in [4.78, 5) is 17.6. The largest absolute Gasteiger partial charge is 0.481 e. The Kier molecular flexibility index (Phi) is 7.67. The van der Waals surface area contributed by atoms with E-state index in [0.29, 0.717) is 48.8 Å². The van der Waals surface area contributed by atoms with Crippen LogP contribution in [0.4, 0.5) is 0 Å². The summed E-state index contributed by atoms with van der Waals surface area (Å²) in [5, 5.41) is 9.29. The van der Waals surface area contributed by atoms with Gasteiger partial charge in [-0.2, -0.15) is 0 Å². The van der Waals surface area contributed by atoms with Crippen molar-refractivity contribution >= 4 is 38.7 Å². The summed E-state index contributed by atoms with van der Waals surface area (Å²) in [5.74, 6) is -0.254. The highest BCUT2D eigenvalue weighted by atomic mass is 35.5. The number of carbonyl (C=O) groups is 1. The molecule has 2 atom stereocenters. The lowest BCUT2D eigenvalue weighted by Gasteiger charge is -2.19. The number of benzene rings is 2. The molecule has 4 rings (SSSR count). The van der Waals surface area contributed by atoms with Crippen LogP contribution in [-0.4, -0.2) is 48.0 Å². The number of sulfonamides is 1. The van der Waals surface area contributed by atoms with Crippen molar-refractivity contribution in [1.82, 2.24) is 14.6 Å². The van der Waals surface area contributed by atoms with Gasteiger partial charge in [-0.3, -0.25) is 9.69 Å². The summed E-state index contributed by atoms with van der Waals surface area (Å²) in [6, 6.07) is 13.2. The van der Waals surface area contributed by atoms with E-state index < -0.39 is 16.0 Å². The van der Waals surface area contributed by atoms with Crippen molar-refractivity contribution in [2.45, 2.75) is 49.2 Å². The van der Waals surface area contributed by atoms with Crippen molar-refractivity contribution in [3.63, 3.8) is 0 Å². The highest BCUT2D eigenvalue weighted by molar-refractivity contribution is 7.89. The van der Waals surface area contributed by atoms with Crippen LogP contribution in [0.5, 0.6) is 0 Å². The number of halogens is 1. The van der Waals surface area contributed by atoms with Gasteiger partial charge < -0.3 is 9.52 Å². The molecule has 1 aliphatic heterocycles. The molecule has 0 bridgehead atoms. The standard InChI is InChI=1S/C24H26ClN3O5S/c25-17-10-12-20(13-11-17)34(31,32)27-18-14-19(6-2-1-3-9-24(29)30)28(15-18)16-23-26-21-7-4-5-8-22(21)33-23/h2,4-8,10-13,18-19,27H,1,3,9,14-16H2,(H,29,30)/t18-,19-/m1/s1.